The highest BCUT2D eigenvalue weighted by molar-refractivity contribution is 5.90. The van der Waals surface area contributed by atoms with E-state index in [0.29, 0.717) is 24.2 Å². The normalized spacial score (nSPS) is 12.0. The van der Waals surface area contributed by atoms with Gasteiger partial charge in [-0.25, -0.2) is 9.37 Å². The van der Waals surface area contributed by atoms with Crippen LogP contribution in [0.4, 0.5) is 10.2 Å². The molecule has 2 aromatic rings. The number of anilines is 1. The molecule has 2 rings (SSSR count). The van der Waals surface area contributed by atoms with Gasteiger partial charge in [0.15, 0.2) is 0 Å². The van der Waals surface area contributed by atoms with Crippen molar-refractivity contribution in [2.45, 2.75) is 26.4 Å². The molecule has 0 fully saturated rings. The van der Waals surface area contributed by atoms with Crippen molar-refractivity contribution in [1.29, 1.82) is 0 Å². The van der Waals surface area contributed by atoms with Crippen molar-refractivity contribution in [3.63, 3.8) is 0 Å². The molecule has 2 N–H and O–H groups in total. The van der Waals surface area contributed by atoms with Crippen LogP contribution in [0.3, 0.4) is 0 Å². The topological polar surface area (TPSA) is 62.2 Å². The third-order valence-electron chi connectivity index (χ3n) is 3.33. The zero-order valence-corrected chi connectivity index (χ0v) is 12.4. The van der Waals surface area contributed by atoms with Crippen LogP contribution in [-0.4, -0.2) is 16.0 Å². The van der Waals surface area contributed by atoms with Gasteiger partial charge in [0.25, 0.3) is 0 Å². The molecule has 1 atom stereocenters. The van der Waals surface area contributed by atoms with Crippen molar-refractivity contribution in [2.75, 3.05) is 5.32 Å². The number of hydrogen-bond donors (Lipinski definition) is 2. The fraction of sp³-hybridized carbons (Fsp3) is 0.294. The minimum Gasteiger partial charge on any atom is -0.392 e. The van der Waals surface area contributed by atoms with Gasteiger partial charge < -0.3 is 10.4 Å². The largest absolute Gasteiger partial charge is 0.392 e. The molecule has 0 saturated carbocycles. The predicted molar refractivity (Wildman–Crippen MR) is 82.7 cm³/mol. The van der Waals surface area contributed by atoms with Gasteiger partial charge in [0.2, 0.25) is 5.91 Å². The van der Waals surface area contributed by atoms with Crippen molar-refractivity contribution < 1.29 is 14.3 Å². The SMILES string of the molecule is CC(CC(=O)Nc1ncccc1CO)Cc1cccc(F)c1. The van der Waals surface area contributed by atoms with Crippen LogP contribution < -0.4 is 5.32 Å². The molecule has 4 nitrogen and oxygen atoms in total. The second-order valence-electron chi connectivity index (χ2n) is 5.36. The molecule has 22 heavy (non-hydrogen) atoms. The van der Waals surface area contributed by atoms with E-state index in [1.165, 1.54) is 12.1 Å². The molecular weight excluding hydrogens is 283 g/mol. The molecule has 0 saturated heterocycles. The minimum absolute atomic E-state index is 0.0723. The van der Waals surface area contributed by atoms with Crippen molar-refractivity contribution in [1.82, 2.24) is 4.98 Å². The van der Waals surface area contributed by atoms with Crippen LogP contribution in [0.25, 0.3) is 0 Å². The number of aliphatic hydroxyl groups is 1. The van der Waals surface area contributed by atoms with Gasteiger partial charge in [0, 0.05) is 18.2 Å². The van der Waals surface area contributed by atoms with Crippen LogP contribution in [0.2, 0.25) is 0 Å². The average molecular weight is 302 g/mol. The Labute approximate surface area is 129 Å². The second kappa shape index (κ2) is 7.66. The zero-order valence-electron chi connectivity index (χ0n) is 12.4. The van der Waals surface area contributed by atoms with E-state index >= 15 is 0 Å². The number of hydrogen-bond acceptors (Lipinski definition) is 3. The van der Waals surface area contributed by atoms with Gasteiger partial charge in [-0.3, -0.25) is 4.79 Å². The zero-order chi connectivity index (χ0) is 15.9. The average Bonchev–Trinajstić information content (AvgIpc) is 2.47. The molecule has 0 spiro atoms. The number of aromatic nitrogens is 1. The van der Waals surface area contributed by atoms with Gasteiger partial charge in [-0.2, -0.15) is 0 Å². The molecule has 1 heterocycles. The number of pyridine rings is 1. The second-order valence-corrected chi connectivity index (χ2v) is 5.36. The lowest BCUT2D eigenvalue weighted by Gasteiger charge is -2.12. The lowest BCUT2D eigenvalue weighted by molar-refractivity contribution is -0.117. The summed E-state index contributed by atoms with van der Waals surface area (Å²) in [5.41, 5.74) is 1.45. The van der Waals surface area contributed by atoms with Crippen molar-refractivity contribution >= 4 is 11.7 Å². The Morgan fingerprint density at radius 2 is 2.18 bits per heavy atom. The van der Waals surface area contributed by atoms with Gasteiger partial charge in [-0.15, -0.1) is 0 Å². The van der Waals surface area contributed by atoms with Crippen molar-refractivity contribution in [3.8, 4) is 0 Å². The standard InChI is InChI=1S/C17H19FN2O2/c1-12(8-13-4-2-6-15(18)10-13)9-16(22)20-17-14(11-21)5-3-7-19-17/h2-7,10,12,21H,8-9,11H2,1H3,(H,19,20,22). The summed E-state index contributed by atoms with van der Waals surface area (Å²) in [6.07, 6.45) is 2.49. The lowest BCUT2D eigenvalue weighted by atomic mass is 9.97. The van der Waals surface area contributed by atoms with E-state index in [2.05, 4.69) is 10.3 Å². The summed E-state index contributed by atoms with van der Waals surface area (Å²) in [5, 5.41) is 11.9. The number of amides is 1. The Morgan fingerprint density at radius 1 is 1.36 bits per heavy atom. The Kier molecular flexibility index (Phi) is 5.61. The fourth-order valence-electron chi connectivity index (χ4n) is 2.32. The van der Waals surface area contributed by atoms with Gasteiger partial charge in [-0.05, 0) is 36.1 Å². The quantitative estimate of drug-likeness (QED) is 0.862. The summed E-state index contributed by atoms with van der Waals surface area (Å²) < 4.78 is 13.1. The van der Waals surface area contributed by atoms with Crippen LogP contribution in [0, 0.1) is 11.7 Å². The number of halogens is 1. The first kappa shape index (κ1) is 16.1. The van der Waals surface area contributed by atoms with E-state index in [1.54, 1.807) is 24.4 Å². The minimum atomic E-state index is -0.268. The number of carbonyl (C=O) groups is 1. The first-order valence-corrected chi connectivity index (χ1v) is 7.17. The van der Waals surface area contributed by atoms with Gasteiger partial charge in [0.05, 0.1) is 6.61 Å². The van der Waals surface area contributed by atoms with Crippen LogP contribution in [0.1, 0.15) is 24.5 Å². The predicted octanol–water partition coefficient (Wildman–Crippen LogP) is 2.92. The number of aliphatic hydroxyl groups excluding tert-OH is 1. The lowest BCUT2D eigenvalue weighted by Crippen LogP contribution is -2.18. The number of nitrogens with zero attached hydrogens (tertiary/aromatic N) is 1. The fourth-order valence-corrected chi connectivity index (χ4v) is 2.32. The van der Waals surface area contributed by atoms with Crippen LogP contribution in [0.15, 0.2) is 42.6 Å². The Morgan fingerprint density at radius 3 is 2.91 bits per heavy atom. The molecule has 0 aliphatic carbocycles. The third kappa shape index (κ3) is 4.63. The molecule has 1 amide bonds. The van der Waals surface area contributed by atoms with Gasteiger partial charge in [-0.1, -0.05) is 25.1 Å². The van der Waals surface area contributed by atoms with E-state index in [9.17, 15) is 14.3 Å². The van der Waals surface area contributed by atoms with Gasteiger partial charge >= 0.3 is 0 Å². The number of nitrogens with one attached hydrogen (secondary N) is 1. The maximum atomic E-state index is 13.1. The van der Waals surface area contributed by atoms with Gasteiger partial charge in [0.1, 0.15) is 11.6 Å². The maximum Gasteiger partial charge on any atom is 0.225 e. The van der Waals surface area contributed by atoms with E-state index in [-0.39, 0.29) is 24.2 Å². The maximum absolute atomic E-state index is 13.1. The number of carbonyl (C=O) groups excluding carboxylic acids is 1. The molecule has 5 heteroatoms. The Bertz CT molecular complexity index is 646. The van der Waals surface area contributed by atoms with Crippen LogP contribution in [0.5, 0.6) is 0 Å². The number of rotatable bonds is 6. The van der Waals surface area contributed by atoms with E-state index in [0.717, 1.165) is 5.56 Å². The summed E-state index contributed by atoms with van der Waals surface area (Å²) >= 11 is 0. The summed E-state index contributed by atoms with van der Waals surface area (Å²) in [5.74, 6) is 0.0172. The monoisotopic (exact) mass is 302 g/mol. The molecule has 0 bridgehead atoms. The summed E-state index contributed by atoms with van der Waals surface area (Å²) in [6, 6.07) is 9.81. The van der Waals surface area contributed by atoms with Crippen molar-refractivity contribution in [2.24, 2.45) is 5.92 Å². The Hall–Kier alpha value is -2.27. The highest BCUT2D eigenvalue weighted by Crippen LogP contribution is 2.16. The molecule has 0 aliphatic heterocycles. The third-order valence-corrected chi connectivity index (χ3v) is 3.33. The first-order chi connectivity index (χ1) is 10.6. The smallest absolute Gasteiger partial charge is 0.225 e. The summed E-state index contributed by atoms with van der Waals surface area (Å²) in [6.45, 7) is 1.76. The Balaban J connectivity index is 1.91. The number of benzene rings is 1. The molecule has 116 valence electrons. The van der Waals surface area contributed by atoms with E-state index < -0.39 is 0 Å². The molecule has 1 aromatic heterocycles. The molecule has 0 aliphatic rings. The van der Waals surface area contributed by atoms with Crippen LogP contribution in [-0.2, 0) is 17.8 Å². The van der Waals surface area contributed by atoms with E-state index in [1.807, 2.05) is 13.0 Å². The van der Waals surface area contributed by atoms with Crippen LogP contribution >= 0.6 is 0 Å². The molecule has 1 aromatic carbocycles. The van der Waals surface area contributed by atoms with Crippen molar-refractivity contribution in [3.05, 3.63) is 59.5 Å². The highest BCUT2D eigenvalue weighted by Gasteiger charge is 2.12. The highest BCUT2D eigenvalue weighted by atomic mass is 19.1. The van der Waals surface area contributed by atoms with E-state index in [4.69, 9.17) is 0 Å². The molecular formula is C17H19FN2O2. The first-order valence-electron chi connectivity index (χ1n) is 7.17. The molecule has 1 unspecified atom stereocenters. The molecule has 0 radical (unpaired) electrons. The summed E-state index contributed by atoms with van der Waals surface area (Å²) in [4.78, 5) is 16.1. The summed E-state index contributed by atoms with van der Waals surface area (Å²) in [7, 11) is 0.